The third-order valence-electron chi connectivity index (χ3n) is 4.63. The summed E-state index contributed by atoms with van der Waals surface area (Å²) >= 11 is 1.55. The zero-order valence-corrected chi connectivity index (χ0v) is 15.2. The number of aromatic nitrogens is 1. The van der Waals surface area contributed by atoms with Gasteiger partial charge in [0.25, 0.3) is 5.91 Å². The Labute approximate surface area is 156 Å². The first kappa shape index (κ1) is 16.8. The first-order valence-electron chi connectivity index (χ1n) is 8.81. The molecule has 0 radical (unpaired) electrons. The van der Waals surface area contributed by atoms with Crippen molar-refractivity contribution in [3.63, 3.8) is 0 Å². The highest BCUT2D eigenvalue weighted by atomic mass is 32.1. The fourth-order valence-electron chi connectivity index (χ4n) is 3.26. The van der Waals surface area contributed by atoms with Gasteiger partial charge < -0.3 is 10.1 Å². The largest absolute Gasteiger partial charge is 0.487 e. The normalized spacial score (nSPS) is 13.1. The summed E-state index contributed by atoms with van der Waals surface area (Å²) in [6, 6.07) is 13.4. The summed E-state index contributed by atoms with van der Waals surface area (Å²) < 4.78 is 5.69. The van der Waals surface area contributed by atoms with Crippen molar-refractivity contribution in [3.05, 3.63) is 75.7 Å². The van der Waals surface area contributed by atoms with Crippen molar-refractivity contribution in [2.75, 3.05) is 5.32 Å². The van der Waals surface area contributed by atoms with E-state index < -0.39 is 0 Å². The molecule has 0 fully saturated rings. The second-order valence-electron chi connectivity index (χ2n) is 6.40. The summed E-state index contributed by atoms with van der Waals surface area (Å²) in [7, 11) is 0. The molecule has 0 spiro atoms. The van der Waals surface area contributed by atoms with E-state index in [9.17, 15) is 4.79 Å². The highest BCUT2D eigenvalue weighted by molar-refractivity contribution is 7.07. The Hall–Kier alpha value is -2.66. The average Bonchev–Trinajstić information content (AvgIpc) is 3.21. The van der Waals surface area contributed by atoms with Gasteiger partial charge >= 0.3 is 0 Å². The Morgan fingerprint density at radius 3 is 2.77 bits per heavy atom. The first-order valence-corrected chi connectivity index (χ1v) is 9.76. The predicted octanol–water partition coefficient (Wildman–Crippen LogP) is 4.85. The van der Waals surface area contributed by atoms with Crippen LogP contribution < -0.4 is 10.1 Å². The van der Waals surface area contributed by atoms with Crippen LogP contribution in [0.5, 0.6) is 5.75 Å². The Kier molecular flexibility index (Phi) is 4.97. The van der Waals surface area contributed by atoms with Gasteiger partial charge in [-0.15, -0.1) is 11.3 Å². The van der Waals surface area contributed by atoms with Crippen molar-refractivity contribution in [3.8, 4) is 5.75 Å². The SMILES string of the molecule is O=C(Nc1cccc2c1CCCC2)c1ccc(OCc2cscn2)cc1. The fourth-order valence-corrected chi connectivity index (χ4v) is 3.80. The maximum absolute atomic E-state index is 12.6. The van der Waals surface area contributed by atoms with Crippen molar-refractivity contribution in [2.24, 2.45) is 0 Å². The highest BCUT2D eigenvalue weighted by Crippen LogP contribution is 2.28. The van der Waals surface area contributed by atoms with Gasteiger partial charge in [-0.05, 0) is 67.1 Å². The molecule has 0 bridgehead atoms. The molecule has 0 saturated heterocycles. The number of carbonyl (C=O) groups excluding carboxylic acids is 1. The average molecular weight is 364 g/mol. The third kappa shape index (κ3) is 3.78. The topological polar surface area (TPSA) is 51.2 Å². The number of amides is 1. The van der Waals surface area contributed by atoms with E-state index >= 15 is 0 Å². The standard InChI is InChI=1S/C21H20N2O2S/c24-21(23-20-7-3-5-15-4-1-2-6-19(15)20)16-8-10-18(11-9-16)25-12-17-13-26-14-22-17/h3,5,7-11,13-14H,1-2,4,6,12H2,(H,23,24). The van der Waals surface area contributed by atoms with Gasteiger partial charge in [-0.1, -0.05) is 12.1 Å². The smallest absolute Gasteiger partial charge is 0.255 e. The number of fused-ring (bicyclic) bond motifs is 1. The van der Waals surface area contributed by atoms with Gasteiger partial charge in [0.05, 0.1) is 11.2 Å². The van der Waals surface area contributed by atoms with Gasteiger partial charge in [0.2, 0.25) is 0 Å². The fraction of sp³-hybridized carbons (Fsp3) is 0.238. The molecule has 132 valence electrons. The van der Waals surface area contributed by atoms with E-state index in [4.69, 9.17) is 4.74 Å². The molecule has 1 N–H and O–H groups in total. The number of hydrogen-bond acceptors (Lipinski definition) is 4. The second kappa shape index (κ2) is 7.70. The van der Waals surface area contributed by atoms with E-state index in [0.717, 1.165) is 30.0 Å². The van der Waals surface area contributed by atoms with Gasteiger partial charge in [0.15, 0.2) is 0 Å². The van der Waals surface area contributed by atoms with Crippen LogP contribution in [0.25, 0.3) is 0 Å². The molecular formula is C21H20N2O2S. The molecule has 1 aliphatic carbocycles. The van der Waals surface area contributed by atoms with Gasteiger partial charge in [-0.3, -0.25) is 4.79 Å². The maximum atomic E-state index is 12.6. The lowest BCUT2D eigenvalue weighted by Crippen LogP contribution is -2.15. The van der Waals surface area contributed by atoms with Crippen molar-refractivity contribution < 1.29 is 9.53 Å². The minimum Gasteiger partial charge on any atom is -0.487 e. The number of benzene rings is 2. The molecule has 0 unspecified atom stereocenters. The predicted molar refractivity (Wildman–Crippen MR) is 104 cm³/mol. The summed E-state index contributed by atoms with van der Waals surface area (Å²) in [5.41, 5.74) is 6.91. The Morgan fingerprint density at radius 1 is 1.12 bits per heavy atom. The van der Waals surface area contributed by atoms with Gasteiger partial charge in [0, 0.05) is 16.6 Å². The molecule has 4 rings (SSSR count). The number of thiazole rings is 1. The van der Waals surface area contributed by atoms with Crippen LogP contribution >= 0.6 is 11.3 Å². The molecule has 0 saturated carbocycles. The van der Waals surface area contributed by atoms with Crippen LogP contribution in [-0.2, 0) is 19.4 Å². The molecule has 0 aliphatic heterocycles. The van der Waals surface area contributed by atoms with Crippen LogP contribution in [-0.4, -0.2) is 10.9 Å². The van der Waals surface area contributed by atoms with E-state index in [1.807, 2.05) is 29.6 Å². The number of ether oxygens (including phenoxy) is 1. The number of anilines is 1. The van der Waals surface area contributed by atoms with Crippen LogP contribution in [0.2, 0.25) is 0 Å². The lowest BCUT2D eigenvalue weighted by Gasteiger charge is -2.19. The second-order valence-corrected chi connectivity index (χ2v) is 7.12. The number of nitrogens with one attached hydrogen (secondary N) is 1. The lowest BCUT2D eigenvalue weighted by molar-refractivity contribution is 0.102. The molecule has 26 heavy (non-hydrogen) atoms. The number of carbonyl (C=O) groups is 1. The Morgan fingerprint density at radius 2 is 1.96 bits per heavy atom. The monoisotopic (exact) mass is 364 g/mol. The van der Waals surface area contributed by atoms with E-state index in [1.165, 1.54) is 24.0 Å². The minimum atomic E-state index is -0.0879. The molecule has 1 heterocycles. The zero-order chi connectivity index (χ0) is 17.8. The van der Waals surface area contributed by atoms with Crippen molar-refractivity contribution >= 4 is 22.9 Å². The molecule has 5 heteroatoms. The van der Waals surface area contributed by atoms with Crippen LogP contribution in [0, 0.1) is 0 Å². The molecule has 1 amide bonds. The minimum absolute atomic E-state index is 0.0879. The molecule has 4 nitrogen and oxygen atoms in total. The molecule has 0 atom stereocenters. The maximum Gasteiger partial charge on any atom is 0.255 e. The molecule has 1 aliphatic rings. The van der Waals surface area contributed by atoms with E-state index in [1.54, 1.807) is 29.0 Å². The molecule has 1 aromatic heterocycles. The van der Waals surface area contributed by atoms with E-state index in [0.29, 0.717) is 12.2 Å². The third-order valence-corrected chi connectivity index (χ3v) is 5.27. The van der Waals surface area contributed by atoms with Crippen molar-refractivity contribution in [1.82, 2.24) is 4.98 Å². The summed E-state index contributed by atoms with van der Waals surface area (Å²) in [5, 5.41) is 5.03. The van der Waals surface area contributed by atoms with Crippen molar-refractivity contribution in [2.45, 2.75) is 32.3 Å². The molecule has 3 aromatic rings. The summed E-state index contributed by atoms with van der Waals surface area (Å²) in [4.78, 5) is 16.8. The molecule has 2 aromatic carbocycles. The zero-order valence-electron chi connectivity index (χ0n) is 14.4. The number of hydrogen-bond donors (Lipinski definition) is 1. The first-order chi connectivity index (χ1) is 12.8. The van der Waals surface area contributed by atoms with Gasteiger partial charge in [-0.2, -0.15) is 0 Å². The molecular weight excluding hydrogens is 344 g/mol. The number of rotatable bonds is 5. The van der Waals surface area contributed by atoms with Crippen LogP contribution in [0.15, 0.2) is 53.4 Å². The van der Waals surface area contributed by atoms with Crippen LogP contribution in [0.1, 0.15) is 40.0 Å². The van der Waals surface area contributed by atoms with Gasteiger partial charge in [-0.25, -0.2) is 4.98 Å². The summed E-state index contributed by atoms with van der Waals surface area (Å²) in [5.74, 6) is 0.640. The Balaban J connectivity index is 1.42. The number of aryl methyl sites for hydroxylation is 1. The summed E-state index contributed by atoms with van der Waals surface area (Å²) in [6.07, 6.45) is 4.55. The van der Waals surface area contributed by atoms with E-state index in [2.05, 4.69) is 16.4 Å². The summed E-state index contributed by atoms with van der Waals surface area (Å²) in [6.45, 7) is 0.436. The lowest BCUT2D eigenvalue weighted by atomic mass is 9.90. The highest BCUT2D eigenvalue weighted by Gasteiger charge is 2.15. The van der Waals surface area contributed by atoms with Crippen LogP contribution in [0.4, 0.5) is 5.69 Å². The van der Waals surface area contributed by atoms with Crippen molar-refractivity contribution in [1.29, 1.82) is 0 Å². The van der Waals surface area contributed by atoms with Crippen LogP contribution in [0.3, 0.4) is 0 Å². The number of nitrogens with zero attached hydrogens (tertiary/aromatic N) is 1. The van der Waals surface area contributed by atoms with E-state index in [-0.39, 0.29) is 5.91 Å². The quantitative estimate of drug-likeness (QED) is 0.704. The van der Waals surface area contributed by atoms with Gasteiger partial charge in [0.1, 0.15) is 12.4 Å². The Bertz CT molecular complexity index is 889.